The second-order valence-corrected chi connectivity index (χ2v) is 24.2. The molecule has 0 N–H and O–H groups in total. The number of aromatic nitrogens is 4. The van der Waals surface area contributed by atoms with Crippen LogP contribution in [-0.4, -0.2) is 32.4 Å². The van der Waals surface area contributed by atoms with E-state index in [9.17, 15) is 0 Å². The Kier molecular flexibility index (Phi) is 8.05. The van der Waals surface area contributed by atoms with Crippen LogP contribution >= 0.6 is 0 Å². The third-order valence-electron chi connectivity index (χ3n) is 13.2. The third-order valence-corrected chi connectivity index (χ3v) is 23.1. The molecule has 63 heavy (non-hydrogen) atoms. The van der Waals surface area contributed by atoms with Crippen molar-refractivity contribution in [3.05, 3.63) is 231 Å². The monoisotopic (exact) mass is 864 g/mol. The number of nitrogens with zero attached hydrogens (tertiary/aromatic N) is 4. The SMILES string of the molecule is c1ccc(-c2nc(-c3ccc(-n4c5ccccc5c5ccc6c(c7ccccc7n6-c6ccccc6)c54)cc3)c3[c](n2)[Ge]([c]2ccccc2)([c]2ccccc2)[c]2ccccc2-3)cc1. The molecule has 4 nitrogen and oxygen atoms in total. The van der Waals surface area contributed by atoms with Gasteiger partial charge in [0.05, 0.1) is 0 Å². The first kappa shape index (κ1) is 35.9. The van der Waals surface area contributed by atoms with Crippen molar-refractivity contribution in [1.29, 1.82) is 0 Å². The summed E-state index contributed by atoms with van der Waals surface area (Å²) in [5.41, 5.74) is 12.4. The molecule has 1 aliphatic rings. The fourth-order valence-electron chi connectivity index (χ4n) is 10.6. The predicted molar refractivity (Wildman–Crippen MR) is 264 cm³/mol. The van der Waals surface area contributed by atoms with Crippen molar-refractivity contribution in [3.63, 3.8) is 0 Å². The molecule has 1 aliphatic heterocycles. The molecule has 0 radical (unpaired) electrons. The van der Waals surface area contributed by atoms with Crippen LogP contribution in [0, 0.1) is 0 Å². The van der Waals surface area contributed by atoms with Crippen LogP contribution in [0.3, 0.4) is 0 Å². The molecule has 4 heterocycles. The van der Waals surface area contributed by atoms with Crippen molar-refractivity contribution in [2.75, 3.05) is 0 Å². The minimum atomic E-state index is -3.68. The first-order valence-electron chi connectivity index (χ1n) is 21.6. The van der Waals surface area contributed by atoms with E-state index in [2.05, 4.69) is 240 Å². The zero-order valence-corrected chi connectivity index (χ0v) is 36.3. The van der Waals surface area contributed by atoms with Gasteiger partial charge in [0.2, 0.25) is 0 Å². The van der Waals surface area contributed by atoms with Crippen molar-refractivity contribution in [2.45, 2.75) is 0 Å². The summed E-state index contributed by atoms with van der Waals surface area (Å²) in [5, 5.41) is 4.95. The number of fused-ring (bicyclic) bond motifs is 10. The number of para-hydroxylation sites is 3. The molecule has 13 rings (SSSR count). The average molecular weight is 864 g/mol. The third kappa shape index (κ3) is 5.22. The molecule has 294 valence electrons. The Balaban J connectivity index is 1.08. The number of rotatable bonds is 6. The van der Waals surface area contributed by atoms with E-state index < -0.39 is 13.3 Å². The fourth-order valence-corrected chi connectivity index (χ4v) is 21.1. The van der Waals surface area contributed by atoms with Crippen molar-refractivity contribution >= 4 is 74.6 Å². The molecular formula is C58H38GeN4. The van der Waals surface area contributed by atoms with Crippen LogP contribution in [0.5, 0.6) is 0 Å². The van der Waals surface area contributed by atoms with E-state index in [-0.39, 0.29) is 0 Å². The van der Waals surface area contributed by atoms with Gasteiger partial charge in [-0.1, -0.05) is 30.3 Å². The van der Waals surface area contributed by atoms with Gasteiger partial charge in [-0.3, -0.25) is 0 Å². The normalized spacial score (nSPS) is 12.9. The molecule has 0 bridgehead atoms. The Labute approximate surface area is 367 Å². The van der Waals surface area contributed by atoms with Gasteiger partial charge in [-0.2, -0.15) is 0 Å². The van der Waals surface area contributed by atoms with Gasteiger partial charge in [-0.15, -0.1) is 0 Å². The summed E-state index contributed by atoms with van der Waals surface area (Å²) in [5.74, 6) is 0.752. The van der Waals surface area contributed by atoms with Gasteiger partial charge in [-0.05, 0) is 18.2 Å². The summed E-state index contributed by atoms with van der Waals surface area (Å²) in [6, 6.07) is 84.0. The summed E-state index contributed by atoms with van der Waals surface area (Å²) < 4.78 is 10.2. The maximum atomic E-state index is 5.70. The Morgan fingerprint density at radius 2 is 0.921 bits per heavy atom. The second-order valence-electron chi connectivity index (χ2n) is 16.5. The molecule has 0 atom stereocenters. The zero-order valence-electron chi connectivity index (χ0n) is 34.2. The molecule has 3 aromatic heterocycles. The van der Waals surface area contributed by atoms with Crippen molar-refractivity contribution in [2.24, 2.45) is 0 Å². The standard InChI is InChI=1S/C58H38GeN4/c1-5-19-40(20-6-1)58-60-55(54-47-28-13-16-30-49(47)59(57(54)61-58,41-21-7-2-8-22-41)42-23-9-3-10-24-42)39-33-35-44(36-34-39)63-50-31-17-14-27-45(50)46-37-38-52-53(56(46)63)48-29-15-18-32-51(48)62(52)43-25-11-4-12-26-43/h1-38H. The van der Waals surface area contributed by atoms with Gasteiger partial charge >= 0.3 is 315 Å². The minimum absolute atomic E-state index is 0.752. The topological polar surface area (TPSA) is 35.6 Å². The summed E-state index contributed by atoms with van der Waals surface area (Å²) in [7, 11) is 0. The van der Waals surface area contributed by atoms with E-state index in [4.69, 9.17) is 9.97 Å². The quantitative estimate of drug-likeness (QED) is 0.156. The molecule has 0 fully saturated rings. The second kappa shape index (κ2) is 14.1. The van der Waals surface area contributed by atoms with Crippen LogP contribution < -0.4 is 17.7 Å². The van der Waals surface area contributed by atoms with Crippen LogP contribution in [0.15, 0.2) is 231 Å². The van der Waals surface area contributed by atoms with Crippen molar-refractivity contribution < 1.29 is 0 Å². The van der Waals surface area contributed by atoms with E-state index in [0.717, 1.165) is 39.6 Å². The zero-order chi connectivity index (χ0) is 41.5. The molecule has 12 aromatic rings. The Morgan fingerprint density at radius 1 is 0.365 bits per heavy atom. The molecule has 0 amide bonds. The first-order valence-corrected chi connectivity index (χ1v) is 25.8. The van der Waals surface area contributed by atoms with E-state index in [0.29, 0.717) is 0 Å². The molecular weight excluding hydrogens is 825 g/mol. The molecule has 5 heteroatoms. The van der Waals surface area contributed by atoms with Crippen LogP contribution in [0.4, 0.5) is 0 Å². The summed E-state index contributed by atoms with van der Waals surface area (Å²) in [4.78, 5) is 11.2. The van der Waals surface area contributed by atoms with Crippen molar-refractivity contribution in [1.82, 2.24) is 19.1 Å². The van der Waals surface area contributed by atoms with E-state index in [1.807, 2.05) is 0 Å². The van der Waals surface area contributed by atoms with Gasteiger partial charge in [0.1, 0.15) is 0 Å². The first-order chi connectivity index (χ1) is 31.3. The predicted octanol–water partition coefficient (Wildman–Crippen LogP) is 11.4. The van der Waals surface area contributed by atoms with Gasteiger partial charge < -0.3 is 0 Å². The Hall–Kier alpha value is -7.80. The van der Waals surface area contributed by atoms with Crippen LogP contribution in [-0.2, 0) is 0 Å². The number of hydrogen-bond donors (Lipinski definition) is 0. The van der Waals surface area contributed by atoms with E-state index in [1.165, 1.54) is 66.9 Å². The van der Waals surface area contributed by atoms with E-state index in [1.54, 1.807) is 0 Å². The molecule has 0 saturated heterocycles. The van der Waals surface area contributed by atoms with Gasteiger partial charge in [0.25, 0.3) is 0 Å². The Morgan fingerprint density at radius 3 is 1.62 bits per heavy atom. The van der Waals surface area contributed by atoms with Crippen LogP contribution in [0.2, 0.25) is 0 Å². The summed E-state index contributed by atoms with van der Waals surface area (Å²) >= 11 is -3.68. The molecule has 0 unspecified atom stereocenters. The van der Waals surface area contributed by atoms with Crippen molar-refractivity contribution in [3.8, 4) is 45.1 Å². The van der Waals surface area contributed by atoms with Gasteiger partial charge in [-0.25, -0.2) is 0 Å². The van der Waals surface area contributed by atoms with Gasteiger partial charge in [0.15, 0.2) is 0 Å². The summed E-state index contributed by atoms with van der Waals surface area (Å²) in [6.07, 6.45) is 0. The summed E-state index contributed by atoms with van der Waals surface area (Å²) in [6.45, 7) is 0. The maximum absolute atomic E-state index is 5.70. The average Bonchev–Trinajstić information content (AvgIpc) is 3.99. The number of benzene rings is 9. The fraction of sp³-hybridized carbons (Fsp3) is 0. The number of hydrogen-bond acceptors (Lipinski definition) is 2. The molecule has 0 spiro atoms. The van der Waals surface area contributed by atoms with E-state index >= 15 is 0 Å². The van der Waals surface area contributed by atoms with Crippen LogP contribution in [0.1, 0.15) is 0 Å². The van der Waals surface area contributed by atoms with Crippen LogP contribution in [0.25, 0.3) is 88.8 Å². The van der Waals surface area contributed by atoms with Gasteiger partial charge in [0, 0.05) is 5.69 Å². The molecule has 0 saturated carbocycles. The Bertz CT molecular complexity index is 3670. The molecule has 9 aromatic carbocycles. The molecule has 0 aliphatic carbocycles.